The topological polar surface area (TPSA) is 202 Å². The van der Waals surface area contributed by atoms with E-state index in [1.54, 1.807) is 18.2 Å². The van der Waals surface area contributed by atoms with Gasteiger partial charge in [-0.3, -0.25) is 13.9 Å². The number of benzene rings is 2. The van der Waals surface area contributed by atoms with Crippen molar-refractivity contribution < 1.29 is 47.3 Å². The third-order valence-electron chi connectivity index (χ3n) is 5.82. The van der Waals surface area contributed by atoms with Crippen LogP contribution in [0.2, 0.25) is 0 Å². The summed E-state index contributed by atoms with van der Waals surface area (Å²) in [6.45, 7) is 3.97. The van der Waals surface area contributed by atoms with Crippen molar-refractivity contribution in [1.82, 2.24) is 0 Å². The second-order valence-electron chi connectivity index (χ2n) is 8.27. The molecule has 7 N–H and O–H groups in total. The first kappa shape index (κ1) is 29.3. The number of aromatic hydroxyl groups is 2. The number of hydrogen-bond acceptors (Lipinski definition) is 6. The van der Waals surface area contributed by atoms with E-state index in [9.17, 15) is 47.3 Å². The summed E-state index contributed by atoms with van der Waals surface area (Å²) in [7, 11) is -14.9. The Balaban J connectivity index is 2.31. The van der Waals surface area contributed by atoms with E-state index < -0.39 is 42.8 Å². The summed E-state index contributed by atoms with van der Waals surface area (Å²) in [5, 5.41) is 17.4. The van der Waals surface area contributed by atoms with E-state index in [-0.39, 0.29) is 29.0 Å². The lowest BCUT2D eigenvalue weighted by Crippen LogP contribution is -2.21. The highest BCUT2D eigenvalue weighted by atomic mass is 32.2. The fourth-order valence-corrected chi connectivity index (χ4v) is 8.10. The lowest BCUT2D eigenvalue weighted by Gasteiger charge is -2.27. The minimum Gasteiger partial charge on any atom is -0.508 e. The lowest BCUT2D eigenvalue weighted by molar-refractivity contribution is 0.337. The van der Waals surface area contributed by atoms with Gasteiger partial charge in [0.2, 0.25) is 10.0 Å². The normalized spacial score (nSPS) is 14.6. The molecule has 11 nitrogen and oxygen atoms in total. The molecule has 2 atom stereocenters. The van der Waals surface area contributed by atoms with Gasteiger partial charge in [-0.25, -0.2) is 8.42 Å². The average molecular weight is 551 g/mol. The minimum absolute atomic E-state index is 0.0295. The maximum atomic E-state index is 12.6. The average Bonchev–Trinajstić information content (AvgIpc) is 2.72. The maximum absolute atomic E-state index is 12.6. The molecule has 0 spiro atoms. The molecule has 0 bridgehead atoms. The number of anilines is 1. The molecule has 2 unspecified atom stereocenters. The maximum Gasteiger partial charge on any atom is 0.340 e. The minimum atomic E-state index is -5.27. The van der Waals surface area contributed by atoms with Gasteiger partial charge in [-0.05, 0) is 66.5 Å². The fourth-order valence-electron chi connectivity index (χ4n) is 4.10. The molecule has 0 saturated heterocycles. The van der Waals surface area contributed by atoms with E-state index in [0.29, 0.717) is 6.42 Å². The van der Waals surface area contributed by atoms with E-state index >= 15 is 0 Å². The Morgan fingerprint density at radius 1 is 0.829 bits per heavy atom. The molecule has 2 aromatic rings. The molecule has 0 heterocycles. The molecule has 14 heteroatoms. The summed E-state index contributed by atoms with van der Waals surface area (Å²) in [6, 6.07) is 11.3. The van der Waals surface area contributed by atoms with Crippen molar-refractivity contribution in [3.05, 3.63) is 53.6 Å². The van der Waals surface area contributed by atoms with Crippen LogP contribution in [0.15, 0.2) is 42.5 Å². The van der Waals surface area contributed by atoms with Crippen LogP contribution in [0.4, 0.5) is 5.69 Å². The van der Waals surface area contributed by atoms with E-state index in [2.05, 4.69) is 4.72 Å². The molecule has 0 fully saturated rings. The standard InChI is InChI=1S/C21H31NO10P2S/c1-3-17(14-5-8-16(23)9-6-14)18(4-2)15-7-10-20(24)19(13-15)22-35(31,32)12-11-21(33(25,26)27)34(28,29)30/h5-10,13,17-18,21-24H,3-4,11-12H2,1-2H3,(H2,25,26,27)(H2,28,29,30). The highest BCUT2D eigenvalue weighted by Gasteiger charge is 2.43. The zero-order valence-corrected chi connectivity index (χ0v) is 21.8. The molecule has 0 aliphatic heterocycles. The van der Waals surface area contributed by atoms with Crippen LogP contribution in [0.5, 0.6) is 11.5 Å². The van der Waals surface area contributed by atoms with Gasteiger partial charge in [0, 0.05) is 0 Å². The summed E-state index contributed by atoms with van der Waals surface area (Å²) in [4.78, 5) is 36.8. The van der Waals surface area contributed by atoms with Gasteiger partial charge in [0.1, 0.15) is 11.5 Å². The van der Waals surface area contributed by atoms with Gasteiger partial charge in [0.05, 0.1) is 11.4 Å². The number of rotatable bonds is 12. The second-order valence-corrected chi connectivity index (χ2v) is 14.1. The van der Waals surface area contributed by atoms with Crippen molar-refractivity contribution in [1.29, 1.82) is 0 Å². The van der Waals surface area contributed by atoms with Crippen LogP contribution in [0, 0.1) is 0 Å². The van der Waals surface area contributed by atoms with E-state index in [1.165, 1.54) is 12.1 Å². The predicted octanol–water partition coefficient (Wildman–Crippen LogP) is 3.60. The van der Waals surface area contributed by atoms with Crippen LogP contribution in [-0.4, -0.2) is 49.4 Å². The largest absolute Gasteiger partial charge is 0.508 e. The fraction of sp³-hybridized carbons (Fsp3) is 0.429. The Hall–Kier alpha value is -1.91. The predicted molar refractivity (Wildman–Crippen MR) is 132 cm³/mol. The van der Waals surface area contributed by atoms with Crippen LogP contribution in [0.3, 0.4) is 0 Å². The summed E-state index contributed by atoms with van der Waals surface area (Å²) in [6.07, 6.45) is 0.445. The van der Waals surface area contributed by atoms with E-state index in [4.69, 9.17) is 0 Å². The van der Waals surface area contributed by atoms with Crippen molar-refractivity contribution in [2.24, 2.45) is 0 Å². The van der Waals surface area contributed by atoms with Gasteiger partial charge < -0.3 is 29.8 Å². The Kier molecular flexibility index (Phi) is 9.58. The third-order valence-corrected chi connectivity index (χ3v) is 11.0. The molecule has 0 amide bonds. The monoisotopic (exact) mass is 551 g/mol. The summed E-state index contributed by atoms with van der Waals surface area (Å²) in [5.41, 5.74) is 1.55. The van der Waals surface area contributed by atoms with E-state index in [0.717, 1.165) is 17.5 Å². The van der Waals surface area contributed by atoms with Gasteiger partial charge in [-0.15, -0.1) is 0 Å². The van der Waals surface area contributed by atoms with Crippen molar-refractivity contribution >= 4 is 30.9 Å². The highest BCUT2D eigenvalue weighted by Crippen LogP contribution is 2.61. The van der Waals surface area contributed by atoms with Crippen molar-refractivity contribution in [3.8, 4) is 11.5 Å². The van der Waals surface area contributed by atoms with Crippen LogP contribution in [0.1, 0.15) is 56.1 Å². The Morgan fingerprint density at radius 2 is 1.31 bits per heavy atom. The molecule has 0 saturated carbocycles. The quantitative estimate of drug-likeness (QED) is 0.151. The first-order valence-electron chi connectivity index (χ1n) is 10.8. The molecule has 0 aliphatic carbocycles. The van der Waals surface area contributed by atoms with Crippen molar-refractivity contribution in [2.45, 2.75) is 50.3 Å². The number of hydrogen-bond donors (Lipinski definition) is 7. The van der Waals surface area contributed by atoms with Crippen molar-refractivity contribution in [2.75, 3.05) is 10.5 Å². The molecule has 35 heavy (non-hydrogen) atoms. The number of phenolic OH excluding ortho intramolecular Hbond substituents is 2. The molecule has 0 aliphatic rings. The van der Waals surface area contributed by atoms with Crippen LogP contribution in [0.25, 0.3) is 0 Å². The third kappa shape index (κ3) is 8.05. The van der Waals surface area contributed by atoms with Crippen LogP contribution < -0.4 is 4.72 Å². The number of sulfonamides is 1. The molecule has 196 valence electrons. The number of nitrogens with one attached hydrogen (secondary N) is 1. The Bertz CT molecular complexity index is 1190. The molecular weight excluding hydrogens is 520 g/mol. The van der Waals surface area contributed by atoms with Gasteiger partial charge in [-0.2, -0.15) is 0 Å². The van der Waals surface area contributed by atoms with E-state index in [1.807, 2.05) is 26.0 Å². The van der Waals surface area contributed by atoms with Gasteiger partial charge in [-0.1, -0.05) is 32.0 Å². The molecule has 2 aromatic carbocycles. The first-order chi connectivity index (χ1) is 16.1. The smallest absolute Gasteiger partial charge is 0.340 e. The van der Waals surface area contributed by atoms with Gasteiger partial charge in [0.15, 0.2) is 5.40 Å². The molecule has 0 aromatic heterocycles. The molecule has 0 radical (unpaired) electrons. The molecule has 2 rings (SSSR count). The summed E-state index contributed by atoms with van der Waals surface area (Å²) >= 11 is 0. The van der Waals surface area contributed by atoms with Crippen LogP contribution in [-0.2, 0) is 19.2 Å². The zero-order chi connectivity index (χ0) is 26.6. The summed E-state index contributed by atoms with van der Waals surface area (Å²) < 4.78 is 50.1. The van der Waals surface area contributed by atoms with Crippen LogP contribution >= 0.6 is 15.2 Å². The number of phenols is 2. The van der Waals surface area contributed by atoms with Crippen molar-refractivity contribution in [3.63, 3.8) is 0 Å². The van der Waals surface area contributed by atoms with Gasteiger partial charge in [0.25, 0.3) is 0 Å². The Morgan fingerprint density at radius 3 is 1.80 bits per heavy atom. The lowest BCUT2D eigenvalue weighted by atomic mass is 9.78. The molecular formula is C21H31NO10P2S. The second kappa shape index (κ2) is 11.4. The SMILES string of the molecule is CCC(c1ccc(O)cc1)C(CC)c1ccc(O)c(NS(=O)(=O)CCC(P(=O)(O)O)P(=O)(O)O)c1. The summed E-state index contributed by atoms with van der Waals surface area (Å²) in [5.74, 6) is -1.27. The highest BCUT2D eigenvalue weighted by molar-refractivity contribution is 7.92. The van der Waals surface area contributed by atoms with Gasteiger partial charge >= 0.3 is 15.2 Å². The first-order valence-corrected chi connectivity index (χ1v) is 15.8. The Labute approximate surface area is 204 Å². The zero-order valence-electron chi connectivity index (χ0n) is 19.2.